The summed E-state index contributed by atoms with van der Waals surface area (Å²) in [6.45, 7) is 12.2. The second-order valence-corrected chi connectivity index (χ2v) is 4.24. The third-order valence-corrected chi connectivity index (χ3v) is 2.78. The predicted molar refractivity (Wildman–Crippen MR) is 80.0 cm³/mol. The number of hydrogen-bond acceptors (Lipinski definition) is 3. The average Bonchev–Trinajstić information content (AvgIpc) is 2.43. The van der Waals surface area contributed by atoms with E-state index < -0.39 is 0 Å². The molecule has 0 bridgehead atoms. The zero-order valence-corrected chi connectivity index (χ0v) is 12.2. The van der Waals surface area contributed by atoms with Crippen LogP contribution in [0.25, 0.3) is 0 Å². The summed E-state index contributed by atoms with van der Waals surface area (Å²) in [5.41, 5.74) is 1.15. The first-order chi connectivity index (χ1) is 9.26. The second-order valence-electron chi connectivity index (χ2n) is 4.24. The van der Waals surface area contributed by atoms with E-state index in [-0.39, 0.29) is 6.04 Å². The minimum absolute atomic E-state index is 0.148. The number of rotatable bonds is 9. The van der Waals surface area contributed by atoms with Gasteiger partial charge in [-0.1, -0.05) is 19.1 Å². The average molecular weight is 263 g/mol. The molecule has 0 aliphatic heterocycles. The maximum absolute atomic E-state index is 5.64. The smallest absolute Gasteiger partial charge is 0.161 e. The zero-order chi connectivity index (χ0) is 14.1. The van der Waals surface area contributed by atoms with Gasteiger partial charge in [-0.25, -0.2) is 0 Å². The molecule has 0 amide bonds. The Hall–Kier alpha value is -1.48. The van der Waals surface area contributed by atoms with Crippen molar-refractivity contribution in [3.63, 3.8) is 0 Å². The van der Waals surface area contributed by atoms with Crippen molar-refractivity contribution in [1.82, 2.24) is 5.32 Å². The van der Waals surface area contributed by atoms with Crippen molar-refractivity contribution in [2.24, 2.45) is 0 Å². The lowest BCUT2D eigenvalue weighted by atomic mass is 10.1. The summed E-state index contributed by atoms with van der Waals surface area (Å²) in [6, 6.07) is 6.20. The molecule has 0 spiro atoms. The van der Waals surface area contributed by atoms with Gasteiger partial charge in [0.25, 0.3) is 0 Å². The van der Waals surface area contributed by atoms with Crippen molar-refractivity contribution in [3.8, 4) is 11.5 Å². The van der Waals surface area contributed by atoms with E-state index >= 15 is 0 Å². The van der Waals surface area contributed by atoms with Crippen LogP contribution in [0.3, 0.4) is 0 Å². The number of ether oxygens (including phenoxy) is 2. The summed E-state index contributed by atoms with van der Waals surface area (Å²) >= 11 is 0. The first-order valence-electron chi connectivity index (χ1n) is 7.02. The van der Waals surface area contributed by atoms with Gasteiger partial charge in [0, 0.05) is 0 Å². The Balaban J connectivity index is 2.94. The van der Waals surface area contributed by atoms with Gasteiger partial charge in [-0.2, -0.15) is 0 Å². The lowest BCUT2D eigenvalue weighted by molar-refractivity contribution is 0.287. The fraction of sp³-hybridized carbons (Fsp3) is 0.500. The number of nitrogens with one attached hydrogen (secondary N) is 1. The molecular formula is C16H25NO2. The summed E-state index contributed by atoms with van der Waals surface area (Å²) < 4.78 is 11.2. The largest absolute Gasteiger partial charge is 0.490 e. The number of hydrogen-bond donors (Lipinski definition) is 1. The predicted octanol–water partition coefficient (Wildman–Crippen LogP) is 3.71. The Morgan fingerprint density at radius 3 is 2.42 bits per heavy atom. The van der Waals surface area contributed by atoms with Gasteiger partial charge in [0.05, 0.1) is 19.3 Å². The van der Waals surface area contributed by atoms with Crippen LogP contribution in [0.2, 0.25) is 0 Å². The van der Waals surface area contributed by atoms with Crippen molar-refractivity contribution in [2.75, 3.05) is 19.8 Å². The van der Waals surface area contributed by atoms with E-state index in [0.29, 0.717) is 13.2 Å². The fourth-order valence-corrected chi connectivity index (χ4v) is 1.90. The Bertz CT molecular complexity index is 390. The van der Waals surface area contributed by atoms with Crippen LogP contribution in [0.1, 0.15) is 38.8 Å². The molecule has 1 atom stereocenters. The number of benzene rings is 1. The summed E-state index contributed by atoms with van der Waals surface area (Å²) in [6.07, 6.45) is 3.01. The van der Waals surface area contributed by atoms with Crippen molar-refractivity contribution in [2.45, 2.75) is 33.2 Å². The molecule has 3 heteroatoms. The van der Waals surface area contributed by atoms with Crippen LogP contribution in [-0.4, -0.2) is 19.8 Å². The Morgan fingerprint density at radius 1 is 1.16 bits per heavy atom. The maximum atomic E-state index is 5.64. The highest BCUT2D eigenvalue weighted by Gasteiger charge is 2.11. The van der Waals surface area contributed by atoms with Crippen molar-refractivity contribution in [1.29, 1.82) is 0 Å². The highest BCUT2D eigenvalue weighted by Crippen LogP contribution is 2.31. The van der Waals surface area contributed by atoms with E-state index in [1.807, 2.05) is 32.1 Å². The summed E-state index contributed by atoms with van der Waals surface area (Å²) in [4.78, 5) is 0. The standard InChI is InChI=1S/C16H25NO2/c1-5-11-17-14(6-2)13-9-10-15(18-7-3)16(12-13)19-8-4/h6,9-10,12,14,17H,2,5,7-8,11H2,1,3-4H3. The van der Waals surface area contributed by atoms with Gasteiger partial charge in [-0.05, 0) is 44.5 Å². The van der Waals surface area contributed by atoms with Gasteiger partial charge >= 0.3 is 0 Å². The SMILES string of the molecule is C=CC(NCCC)c1ccc(OCC)c(OCC)c1. The van der Waals surface area contributed by atoms with E-state index in [9.17, 15) is 0 Å². The maximum Gasteiger partial charge on any atom is 0.161 e. The molecule has 1 rings (SSSR count). The van der Waals surface area contributed by atoms with Crippen LogP contribution in [0.15, 0.2) is 30.9 Å². The van der Waals surface area contributed by atoms with Crippen molar-refractivity contribution >= 4 is 0 Å². The molecule has 0 heterocycles. The monoisotopic (exact) mass is 263 g/mol. The molecule has 0 saturated carbocycles. The molecule has 1 unspecified atom stereocenters. The summed E-state index contributed by atoms with van der Waals surface area (Å²) in [5, 5.41) is 3.44. The van der Waals surface area contributed by atoms with Crippen LogP contribution in [0, 0.1) is 0 Å². The van der Waals surface area contributed by atoms with Crippen LogP contribution in [-0.2, 0) is 0 Å². The molecule has 0 fully saturated rings. The van der Waals surface area contributed by atoms with Gasteiger partial charge in [0.2, 0.25) is 0 Å². The van der Waals surface area contributed by atoms with Crippen molar-refractivity contribution in [3.05, 3.63) is 36.4 Å². The van der Waals surface area contributed by atoms with E-state index in [1.54, 1.807) is 0 Å². The molecule has 1 aromatic rings. The summed E-state index contributed by atoms with van der Waals surface area (Å²) in [7, 11) is 0. The molecule has 0 saturated heterocycles. The Labute approximate surface area is 116 Å². The second kappa shape index (κ2) is 8.59. The molecule has 1 N–H and O–H groups in total. The molecule has 3 nitrogen and oxygen atoms in total. The zero-order valence-electron chi connectivity index (χ0n) is 12.2. The van der Waals surface area contributed by atoms with Crippen LogP contribution >= 0.6 is 0 Å². The first kappa shape index (κ1) is 15.6. The quantitative estimate of drug-likeness (QED) is 0.689. The Morgan fingerprint density at radius 2 is 1.84 bits per heavy atom. The van der Waals surface area contributed by atoms with E-state index in [4.69, 9.17) is 9.47 Å². The lowest BCUT2D eigenvalue weighted by Gasteiger charge is -2.17. The molecule has 19 heavy (non-hydrogen) atoms. The molecule has 0 radical (unpaired) electrons. The minimum Gasteiger partial charge on any atom is -0.490 e. The van der Waals surface area contributed by atoms with E-state index in [1.165, 1.54) is 0 Å². The van der Waals surface area contributed by atoms with Crippen molar-refractivity contribution < 1.29 is 9.47 Å². The highest BCUT2D eigenvalue weighted by atomic mass is 16.5. The molecule has 0 aromatic heterocycles. The third kappa shape index (κ3) is 4.60. The molecule has 106 valence electrons. The fourth-order valence-electron chi connectivity index (χ4n) is 1.90. The van der Waals surface area contributed by atoms with Gasteiger partial charge in [0.1, 0.15) is 0 Å². The van der Waals surface area contributed by atoms with Gasteiger partial charge < -0.3 is 14.8 Å². The van der Waals surface area contributed by atoms with E-state index in [0.717, 1.165) is 30.0 Å². The van der Waals surface area contributed by atoms with Gasteiger partial charge in [-0.3, -0.25) is 0 Å². The van der Waals surface area contributed by atoms with Crippen LogP contribution in [0.4, 0.5) is 0 Å². The third-order valence-electron chi connectivity index (χ3n) is 2.78. The minimum atomic E-state index is 0.148. The van der Waals surface area contributed by atoms with Gasteiger partial charge in [-0.15, -0.1) is 6.58 Å². The van der Waals surface area contributed by atoms with Crippen LogP contribution < -0.4 is 14.8 Å². The molecule has 0 aliphatic carbocycles. The van der Waals surface area contributed by atoms with Gasteiger partial charge in [0.15, 0.2) is 11.5 Å². The van der Waals surface area contributed by atoms with E-state index in [2.05, 4.69) is 24.9 Å². The first-order valence-corrected chi connectivity index (χ1v) is 7.02. The summed E-state index contributed by atoms with van der Waals surface area (Å²) in [5.74, 6) is 1.60. The lowest BCUT2D eigenvalue weighted by Crippen LogP contribution is -2.20. The Kier molecular flexibility index (Phi) is 7.04. The van der Waals surface area contributed by atoms with Crippen LogP contribution in [0.5, 0.6) is 11.5 Å². The molecular weight excluding hydrogens is 238 g/mol. The highest BCUT2D eigenvalue weighted by molar-refractivity contribution is 5.44. The normalized spacial score (nSPS) is 11.9. The molecule has 0 aliphatic rings. The topological polar surface area (TPSA) is 30.5 Å². The molecule has 1 aromatic carbocycles.